The Bertz CT molecular complexity index is 1080. The SMILES string of the molecule is CCN1C(=S)N[C@H](c2cccc(NC(=O)[C@@H]3C[C@H]3c3ccccc3)c2)C(C(=O)OC)=C1C. The Kier molecular flexibility index (Phi) is 6.28. The van der Waals surface area contributed by atoms with Gasteiger partial charge >= 0.3 is 5.97 Å². The number of esters is 1. The number of thiocarbonyl (C=S) groups is 1. The molecule has 0 radical (unpaired) electrons. The van der Waals surface area contributed by atoms with Gasteiger partial charge in [0, 0.05) is 23.8 Å². The molecule has 0 spiro atoms. The van der Waals surface area contributed by atoms with Crippen molar-refractivity contribution in [3.05, 3.63) is 77.0 Å². The van der Waals surface area contributed by atoms with Crippen LogP contribution in [0.1, 0.15) is 43.4 Å². The van der Waals surface area contributed by atoms with Crippen LogP contribution >= 0.6 is 12.2 Å². The van der Waals surface area contributed by atoms with E-state index in [2.05, 4.69) is 22.8 Å². The maximum atomic E-state index is 12.8. The third-order valence-corrected chi connectivity index (χ3v) is 6.50. The second-order valence-corrected chi connectivity index (χ2v) is 8.48. The fourth-order valence-corrected chi connectivity index (χ4v) is 4.75. The average Bonchev–Trinajstić information content (AvgIpc) is 3.60. The number of nitrogens with zero attached hydrogens (tertiary/aromatic N) is 1. The molecule has 2 aromatic carbocycles. The number of benzene rings is 2. The molecule has 0 aromatic heterocycles. The molecule has 1 aliphatic carbocycles. The lowest BCUT2D eigenvalue weighted by Crippen LogP contribution is -2.47. The van der Waals surface area contributed by atoms with E-state index in [0.717, 1.165) is 17.7 Å². The number of allylic oxidation sites excluding steroid dienone is 1. The van der Waals surface area contributed by atoms with Crippen LogP contribution in [-0.4, -0.2) is 35.5 Å². The van der Waals surface area contributed by atoms with Gasteiger partial charge in [0.15, 0.2) is 5.11 Å². The minimum absolute atomic E-state index is 0.0141. The summed E-state index contributed by atoms with van der Waals surface area (Å²) in [6, 6.07) is 17.2. The third kappa shape index (κ3) is 4.25. The maximum Gasteiger partial charge on any atom is 0.337 e. The predicted octanol–water partition coefficient (Wildman–Crippen LogP) is 4.13. The highest BCUT2D eigenvalue weighted by molar-refractivity contribution is 7.80. The van der Waals surface area contributed by atoms with Gasteiger partial charge in [-0.25, -0.2) is 4.79 Å². The van der Waals surface area contributed by atoms with E-state index in [-0.39, 0.29) is 17.7 Å². The van der Waals surface area contributed by atoms with Crippen molar-refractivity contribution < 1.29 is 14.3 Å². The summed E-state index contributed by atoms with van der Waals surface area (Å²) in [6.07, 6.45) is 0.856. The van der Waals surface area contributed by atoms with E-state index in [4.69, 9.17) is 17.0 Å². The van der Waals surface area contributed by atoms with Crippen LogP contribution in [0.3, 0.4) is 0 Å². The van der Waals surface area contributed by atoms with Crippen LogP contribution in [0.5, 0.6) is 0 Å². The summed E-state index contributed by atoms with van der Waals surface area (Å²) in [7, 11) is 1.37. The third-order valence-electron chi connectivity index (χ3n) is 6.16. The lowest BCUT2D eigenvalue weighted by molar-refractivity contribution is -0.136. The van der Waals surface area contributed by atoms with Gasteiger partial charge < -0.3 is 20.3 Å². The molecule has 7 heteroatoms. The van der Waals surface area contributed by atoms with Crippen molar-refractivity contribution in [2.24, 2.45) is 5.92 Å². The highest BCUT2D eigenvalue weighted by Crippen LogP contribution is 2.48. The normalized spacial score (nSPS) is 22.3. The largest absolute Gasteiger partial charge is 0.466 e. The van der Waals surface area contributed by atoms with Crippen LogP contribution in [0.2, 0.25) is 0 Å². The first-order chi connectivity index (χ1) is 15.4. The van der Waals surface area contributed by atoms with E-state index in [1.165, 1.54) is 12.7 Å². The summed E-state index contributed by atoms with van der Waals surface area (Å²) >= 11 is 5.52. The Morgan fingerprint density at radius 2 is 1.88 bits per heavy atom. The molecule has 0 bridgehead atoms. The van der Waals surface area contributed by atoms with Crippen molar-refractivity contribution in [2.45, 2.75) is 32.2 Å². The molecule has 1 amide bonds. The van der Waals surface area contributed by atoms with Gasteiger partial charge in [0.05, 0.1) is 18.7 Å². The molecule has 32 heavy (non-hydrogen) atoms. The smallest absolute Gasteiger partial charge is 0.337 e. The summed E-state index contributed by atoms with van der Waals surface area (Å²) in [6.45, 7) is 4.49. The van der Waals surface area contributed by atoms with Crippen molar-refractivity contribution in [3.63, 3.8) is 0 Å². The molecule has 2 aliphatic rings. The minimum Gasteiger partial charge on any atom is -0.466 e. The molecule has 1 saturated carbocycles. The number of hydrogen-bond donors (Lipinski definition) is 2. The first-order valence-corrected chi connectivity index (χ1v) is 11.2. The number of nitrogens with one attached hydrogen (secondary N) is 2. The summed E-state index contributed by atoms with van der Waals surface area (Å²) in [5, 5.41) is 6.86. The van der Waals surface area contributed by atoms with Crippen LogP contribution in [0, 0.1) is 5.92 Å². The lowest BCUT2D eigenvalue weighted by Gasteiger charge is -2.37. The van der Waals surface area contributed by atoms with Crippen molar-refractivity contribution in [2.75, 3.05) is 19.0 Å². The zero-order chi connectivity index (χ0) is 22.8. The number of carbonyl (C=O) groups is 2. The van der Waals surface area contributed by atoms with Gasteiger partial charge in [-0.05, 0) is 61.7 Å². The van der Waals surface area contributed by atoms with E-state index < -0.39 is 12.0 Å². The fraction of sp³-hybridized carbons (Fsp3) is 0.320. The summed E-state index contributed by atoms with van der Waals surface area (Å²) < 4.78 is 5.05. The van der Waals surface area contributed by atoms with Crippen LogP contribution in [0.4, 0.5) is 5.69 Å². The van der Waals surface area contributed by atoms with Crippen molar-refractivity contribution in [3.8, 4) is 0 Å². The number of methoxy groups -OCH3 is 1. The van der Waals surface area contributed by atoms with Gasteiger partial charge in [-0.2, -0.15) is 0 Å². The Labute approximate surface area is 193 Å². The van der Waals surface area contributed by atoms with Gasteiger partial charge in [-0.3, -0.25) is 4.79 Å². The molecule has 3 atom stereocenters. The molecule has 166 valence electrons. The van der Waals surface area contributed by atoms with Crippen molar-refractivity contribution in [1.29, 1.82) is 0 Å². The fourth-order valence-electron chi connectivity index (χ4n) is 4.37. The van der Waals surface area contributed by atoms with Gasteiger partial charge in [0.25, 0.3) is 0 Å². The molecular weight excluding hydrogens is 422 g/mol. The Hall–Kier alpha value is -3.19. The molecule has 2 N–H and O–H groups in total. The monoisotopic (exact) mass is 449 g/mol. The molecule has 1 aliphatic heterocycles. The van der Waals surface area contributed by atoms with Gasteiger partial charge in [0.2, 0.25) is 5.91 Å². The number of hydrogen-bond acceptors (Lipinski definition) is 4. The number of amides is 1. The Morgan fingerprint density at radius 1 is 1.16 bits per heavy atom. The molecule has 0 unspecified atom stereocenters. The first kappa shape index (κ1) is 22.0. The Morgan fingerprint density at radius 3 is 2.56 bits per heavy atom. The molecule has 6 nitrogen and oxygen atoms in total. The second kappa shape index (κ2) is 9.12. The summed E-state index contributed by atoms with van der Waals surface area (Å²) in [5.74, 6) is -0.139. The molecule has 1 fully saturated rings. The van der Waals surface area contributed by atoms with Gasteiger partial charge in [-0.15, -0.1) is 0 Å². The van der Waals surface area contributed by atoms with E-state index in [1.807, 2.05) is 61.2 Å². The van der Waals surface area contributed by atoms with E-state index in [0.29, 0.717) is 22.9 Å². The van der Waals surface area contributed by atoms with Crippen LogP contribution in [-0.2, 0) is 14.3 Å². The molecular formula is C25H27N3O3S. The molecule has 0 saturated heterocycles. The highest BCUT2D eigenvalue weighted by Gasteiger charge is 2.44. The van der Waals surface area contributed by atoms with Gasteiger partial charge in [-0.1, -0.05) is 42.5 Å². The highest BCUT2D eigenvalue weighted by atomic mass is 32.1. The number of carbonyl (C=O) groups excluding carboxylic acids is 2. The van der Waals surface area contributed by atoms with Crippen LogP contribution < -0.4 is 10.6 Å². The van der Waals surface area contributed by atoms with Crippen molar-refractivity contribution >= 4 is 34.9 Å². The number of ether oxygens (including phenoxy) is 1. The average molecular weight is 450 g/mol. The van der Waals surface area contributed by atoms with Gasteiger partial charge in [0.1, 0.15) is 0 Å². The Balaban J connectivity index is 1.55. The topological polar surface area (TPSA) is 70.7 Å². The number of anilines is 1. The quantitative estimate of drug-likeness (QED) is 0.511. The van der Waals surface area contributed by atoms with Crippen LogP contribution in [0.15, 0.2) is 65.9 Å². The zero-order valence-electron chi connectivity index (χ0n) is 18.4. The standard InChI is InChI=1S/C25H27N3O3S/c1-4-28-15(2)21(24(30)31-3)22(27-25(28)32)17-11-8-12-18(13-17)26-23(29)20-14-19(20)16-9-6-5-7-10-16/h5-13,19-20,22H,4,14H2,1-3H3,(H,26,29)(H,27,32)/t19-,20+,22+/m0/s1. The second-order valence-electron chi connectivity index (χ2n) is 8.09. The van der Waals surface area contributed by atoms with Crippen molar-refractivity contribution in [1.82, 2.24) is 10.2 Å². The summed E-state index contributed by atoms with van der Waals surface area (Å²) in [4.78, 5) is 27.3. The minimum atomic E-state index is -0.451. The molecule has 1 heterocycles. The number of rotatable bonds is 6. The lowest BCUT2D eigenvalue weighted by atomic mass is 9.94. The molecule has 2 aromatic rings. The van der Waals surface area contributed by atoms with E-state index >= 15 is 0 Å². The summed E-state index contributed by atoms with van der Waals surface area (Å²) in [5.41, 5.74) is 4.00. The van der Waals surface area contributed by atoms with Crippen LogP contribution in [0.25, 0.3) is 0 Å². The van der Waals surface area contributed by atoms with E-state index in [9.17, 15) is 9.59 Å². The molecule has 4 rings (SSSR count). The maximum absolute atomic E-state index is 12.8. The first-order valence-electron chi connectivity index (χ1n) is 10.8. The van der Waals surface area contributed by atoms with E-state index in [1.54, 1.807) is 0 Å². The predicted molar refractivity (Wildman–Crippen MR) is 128 cm³/mol. The zero-order valence-corrected chi connectivity index (χ0v) is 19.2.